The van der Waals surface area contributed by atoms with E-state index in [2.05, 4.69) is 24.5 Å². The Kier molecular flexibility index (Phi) is 8.06. The minimum Gasteiger partial charge on any atom is -0.494 e. The van der Waals surface area contributed by atoms with Crippen LogP contribution in [0.2, 0.25) is 0 Å². The average Bonchev–Trinajstić information content (AvgIpc) is 2.71. The molecular formula is C25H31N3O2. The molecule has 158 valence electrons. The molecule has 5 heteroatoms. The number of amides is 1. The van der Waals surface area contributed by atoms with Gasteiger partial charge in [-0.25, -0.2) is 0 Å². The fourth-order valence-electron chi connectivity index (χ4n) is 3.26. The lowest BCUT2D eigenvalue weighted by Crippen LogP contribution is -2.20. The molecule has 2 aromatic rings. The van der Waals surface area contributed by atoms with E-state index in [0.717, 1.165) is 33.7 Å². The van der Waals surface area contributed by atoms with Crippen molar-refractivity contribution < 1.29 is 9.53 Å². The number of para-hydroxylation sites is 1. The molecule has 0 aliphatic carbocycles. The van der Waals surface area contributed by atoms with Crippen LogP contribution in [0.3, 0.4) is 0 Å². The monoisotopic (exact) mass is 405 g/mol. The second kappa shape index (κ2) is 10.5. The molecule has 1 amide bonds. The van der Waals surface area contributed by atoms with Crippen LogP contribution in [0.25, 0.3) is 0 Å². The van der Waals surface area contributed by atoms with E-state index in [4.69, 9.17) is 4.74 Å². The molecule has 0 aliphatic heterocycles. The number of anilines is 1. The number of nitrogens with one attached hydrogen (secondary N) is 2. The number of aryl methyl sites for hydroxylation is 2. The van der Waals surface area contributed by atoms with E-state index in [1.807, 2.05) is 70.2 Å². The third-order valence-corrected chi connectivity index (χ3v) is 4.94. The molecule has 0 spiro atoms. The largest absolute Gasteiger partial charge is 0.494 e. The third kappa shape index (κ3) is 5.64. The number of nitrogens with zero attached hydrogens (tertiary/aromatic N) is 1. The van der Waals surface area contributed by atoms with Crippen LogP contribution in [0.4, 0.5) is 5.69 Å². The topological polar surface area (TPSA) is 74.1 Å². The van der Waals surface area contributed by atoms with Crippen LogP contribution >= 0.6 is 0 Å². The first kappa shape index (κ1) is 23.0. The van der Waals surface area contributed by atoms with Crippen molar-refractivity contribution >= 4 is 11.6 Å². The van der Waals surface area contributed by atoms with Crippen molar-refractivity contribution in [3.05, 3.63) is 70.4 Å². The molecule has 0 heterocycles. The van der Waals surface area contributed by atoms with Crippen molar-refractivity contribution in [3.63, 3.8) is 0 Å². The molecule has 5 nitrogen and oxygen atoms in total. The van der Waals surface area contributed by atoms with Crippen LogP contribution in [0.1, 0.15) is 61.9 Å². The van der Waals surface area contributed by atoms with Crippen molar-refractivity contribution in [1.29, 1.82) is 5.26 Å². The van der Waals surface area contributed by atoms with Gasteiger partial charge >= 0.3 is 0 Å². The number of rotatable bonds is 8. The first-order valence-electron chi connectivity index (χ1n) is 10.3. The molecule has 0 aromatic heterocycles. The van der Waals surface area contributed by atoms with Crippen LogP contribution in [0, 0.1) is 25.2 Å². The van der Waals surface area contributed by atoms with E-state index in [1.165, 1.54) is 6.20 Å². The minimum atomic E-state index is -0.428. The Hall–Kier alpha value is -3.26. The van der Waals surface area contributed by atoms with Gasteiger partial charge in [-0.3, -0.25) is 4.79 Å². The summed E-state index contributed by atoms with van der Waals surface area (Å²) in [5.41, 5.74) is 4.89. The molecule has 30 heavy (non-hydrogen) atoms. The van der Waals surface area contributed by atoms with Crippen LogP contribution in [0.5, 0.6) is 5.75 Å². The number of hydrogen-bond acceptors (Lipinski definition) is 4. The summed E-state index contributed by atoms with van der Waals surface area (Å²) in [5.74, 6) is 0.620. The van der Waals surface area contributed by atoms with Gasteiger partial charge in [-0.1, -0.05) is 49.7 Å². The second-order valence-electron chi connectivity index (χ2n) is 7.68. The maximum absolute atomic E-state index is 12.8. The molecule has 0 fully saturated rings. The molecule has 0 aliphatic rings. The molecule has 1 unspecified atom stereocenters. The maximum atomic E-state index is 12.8. The Morgan fingerprint density at radius 3 is 2.53 bits per heavy atom. The zero-order chi connectivity index (χ0) is 22.3. The van der Waals surface area contributed by atoms with Gasteiger partial charge in [0.25, 0.3) is 5.91 Å². The SMILES string of the molecule is CCOc1ccc(C)cc1C(C)N/C=C(/C#N)C(=O)Nc1c(C)cccc1C(C)C. The smallest absolute Gasteiger partial charge is 0.267 e. The lowest BCUT2D eigenvalue weighted by molar-refractivity contribution is -0.112. The van der Waals surface area contributed by atoms with Gasteiger partial charge in [0.2, 0.25) is 0 Å². The van der Waals surface area contributed by atoms with E-state index in [1.54, 1.807) is 0 Å². The molecule has 0 bridgehead atoms. The van der Waals surface area contributed by atoms with E-state index in [-0.39, 0.29) is 17.5 Å². The summed E-state index contributed by atoms with van der Waals surface area (Å²) in [6.45, 7) is 12.6. The van der Waals surface area contributed by atoms with Gasteiger partial charge in [-0.05, 0) is 50.8 Å². The standard InChI is InChI=1S/C25H31N3O2/c1-7-30-23-12-11-17(4)13-22(23)19(6)27-15-20(14-26)25(29)28-24-18(5)9-8-10-21(24)16(2)3/h8-13,15-16,19,27H,7H2,1-6H3,(H,28,29)/b20-15-. The van der Waals surface area contributed by atoms with E-state index < -0.39 is 5.91 Å². The Morgan fingerprint density at radius 1 is 1.17 bits per heavy atom. The van der Waals surface area contributed by atoms with E-state index in [9.17, 15) is 10.1 Å². The number of ether oxygens (including phenoxy) is 1. The molecule has 2 rings (SSSR count). The maximum Gasteiger partial charge on any atom is 0.267 e. The van der Waals surface area contributed by atoms with Gasteiger partial charge in [-0.2, -0.15) is 5.26 Å². The van der Waals surface area contributed by atoms with Gasteiger partial charge in [0, 0.05) is 17.5 Å². The summed E-state index contributed by atoms with van der Waals surface area (Å²) < 4.78 is 5.72. The van der Waals surface area contributed by atoms with Gasteiger partial charge in [-0.15, -0.1) is 0 Å². The van der Waals surface area contributed by atoms with Crippen LogP contribution in [-0.2, 0) is 4.79 Å². The van der Waals surface area contributed by atoms with Gasteiger partial charge < -0.3 is 15.4 Å². The highest BCUT2D eigenvalue weighted by Crippen LogP contribution is 2.28. The second-order valence-corrected chi connectivity index (χ2v) is 7.68. The minimum absolute atomic E-state index is 0.0189. The summed E-state index contributed by atoms with van der Waals surface area (Å²) >= 11 is 0. The number of carbonyl (C=O) groups is 1. The summed E-state index contributed by atoms with van der Waals surface area (Å²) in [5, 5.41) is 15.6. The molecule has 0 saturated carbocycles. The lowest BCUT2D eigenvalue weighted by Gasteiger charge is -2.18. The number of hydrogen-bond donors (Lipinski definition) is 2. The van der Waals surface area contributed by atoms with Crippen molar-refractivity contribution in [2.24, 2.45) is 0 Å². The van der Waals surface area contributed by atoms with E-state index >= 15 is 0 Å². The van der Waals surface area contributed by atoms with Crippen LogP contribution < -0.4 is 15.4 Å². The summed E-state index contributed by atoms with van der Waals surface area (Å²) in [7, 11) is 0. The Labute approximate surface area is 179 Å². The first-order chi connectivity index (χ1) is 14.3. The Bertz CT molecular complexity index is 971. The highest BCUT2D eigenvalue weighted by atomic mass is 16.5. The lowest BCUT2D eigenvalue weighted by atomic mass is 9.98. The number of nitriles is 1. The van der Waals surface area contributed by atoms with Crippen LogP contribution in [0.15, 0.2) is 48.2 Å². The zero-order valence-corrected chi connectivity index (χ0v) is 18.7. The molecule has 2 aromatic carbocycles. The molecule has 0 radical (unpaired) electrons. The van der Waals surface area contributed by atoms with Crippen molar-refractivity contribution in [2.75, 3.05) is 11.9 Å². The quantitative estimate of drug-likeness (QED) is 0.448. The molecule has 1 atom stereocenters. The summed E-state index contributed by atoms with van der Waals surface area (Å²) in [4.78, 5) is 12.8. The van der Waals surface area contributed by atoms with Crippen LogP contribution in [-0.4, -0.2) is 12.5 Å². The third-order valence-electron chi connectivity index (χ3n) is 4.94. The van der Waals surface area contributed by atoms with Crippen molar-refractivity contribution in [1.82, 2.24) is 5.32 Å². The highest BCUT2D eigenvalue weighted by molar-refractivity contribution is 6.07. The number of benzene rings is 2. The number of carbonyl (C=O) groups excluding carboxylic acids is 1. The average molecular weight is 406 g/mol. The van der Waals surface area contributed by atoms with Gasteiger partial charge in [0.1, 0.15) is 17.4 Å². The predicted octanol–water partition coefficient (Wildman–Crippen LogP) is 5.52. The Balaban J connectivity index is 2.22. The van der Waals surface area contributed by atoms with E-state index in [0.29, 0.717) is 6.61 Å². The normalized spacial score (nSPS) is 12.3. The summed E-state index contributed by atoms with van der Waals surface area (Å²) in [6, 6.07) is 13.8. The molecule has 2 N–H and O–H groups in total. The first-order valence-corrected chi connectivity index (χ1v) is 10.3. The molecular weight excluding hydrogens is 374 g/mol. The van der Waals surface area contributed by atoms with Gasteiger partial charge in [0.15, 0.2) is 0 Å². The fourth-order valence-corrected chi connectivity index (χ4v) is 3.26. The highest BCUT2D eigenvalue weighted by Gasteiger charge is 2.16. The summed E-state index contributed by atoms with van der Waals surface area (Å²) in [6.07, 6.45) is 1.48. The van der Waals surface area contributed by atoms with Crippen molar-refractivity contribution in [2.45, 2.75) is 53.5 Å². The fraction of sp³-hybridized carbons (Fsp3) is 0.360. The Morgan fingerprint density at radius 2 is 1.90 bits per heavy atom. The predicted molar refractivity (Wildman–Crippen MR) is 121 cm³/mol. The molecule has 0 saturated heterocycles. The zero-order valence-electron chi connectivity index (χ0n) is 18.7. The van der Waals surface area contributed by atoms with Gasteiger partial charge in [0.05, 0.1) is 12.6 Å². The van der Waals surface area contributed by atoms with Crippen molar-refractivity contribution in [3.8, 4) is 11.8 Å².